The van der Waals surface area contributed by atoms with Gasteiger partial charge < -0.3 is 29.2 Å². The average Bonchev–Trinajstić information content (AvgIpc) is 2.70. The van der Waals surface area contributed by atoms with Crippen LogP contribution < -0.4 is 9.47 Å². The summed E-state index contributed by atoms with van der Waals surface area (Å²) in [5, 5.41) is 21.5. The van der Waals surface area contributed by atoms with Crippen LogP contribution in [0.5, 0.6) is 11.5 Å². The molecule has 0 spiro atoms. The van der Waals surface area contributed by atoms with Crippen molar-refractivity contribution >= 4 is 0 Å². The Morgan fingerprint density at radius 2 is 1.38 bits per heavy atom. The lowest BCUT2D eigenvalue weighted by atomic mass is 9.85. The molecule has 0 aliphatic rings. The molecule has 2 aromatic rings. The molecule has 0 amide bonds. The number of hydrogen-bond donors (Lipinski definition) is 2. The molecule has 0 aliphatic heterocycles. The van der Waals surface area contributed by atoms with Crippen LogP contribution in [0.25, 0.3) is 0 Å². The summed E-state index contributed by atoms with van der Waals surface area (Å²) < 4.78 is 20.3. The summed E-state index contributed by atoms with van der Waals surface area (Å²) in [6, 6.07) is 13.1. The number of terminal acetylenes is 1. The minimum Gasteiger partial charge on any atom is -0.468 e. The van der Waals surface area contributed by atoms with E-state index in [0.29, 0.717) is 22.6 Å². The van der Waals surface area contributed by atoms with Crippen LogP contribution in [-0.4, -0.2) is 38.0 Å². The molecule has 6 heteroatoms. The summed E-state index contributed by atoms with van der Waals surface area (Å²) in [5.74, 6) is 3.43. The number of aliphatic hydroxyl groups excluding tert-OH is 1. The zero-order chi connectivity index (χ0) is 19.0. The topological polar surface area (TPSA) is 77.4 Å². The Morgan fingerprint density at radius 3 is 1.81 bits per heavy atom. The minimum absolute atomic E-state index is 0.110. The standard InChI is InChI=1S/C20H22O6/c1-4-20(22,16-7-11-18(12-8-16)26-14-24-3)19(21)15-5-9-17(10-6-15)25-13-23-2/h1,5-12,19,21-22H,13-14H2,2-3H3/t19-,20-/m1/s1. The van der Waals surface area contributed by atoms with Gasteiger partial charge in [-0.25, -0.2) is 0 Å². The summed E-state index contributed by atoms with van der Waals surface area (Å²) in [5.41, 5.74) is -1.07. The monoisotopic (exact) mass is 358 g/mol. The van der Waals surface area contributed by atoms with Gasteiger partial charge in [-0.2, -0.15) is 0 Å². The van der Waals surface area contributed by atoms with Crippen molar-refractivity contribution in [2.75, 3.05) is 27.8 Å². The second-order valence-electron chi connectivity index (χ2n) is 5.51. The highest BCUT2D eigenvalue weighted by Crippen LogP contribution is 2.36. The second kappa shape index (κ2) is 9.22. The fourth-order valence-corrected chi connectivity index (χ4v) is 2.37. The van der Waals surface area contributed by atoms with Crippen LogP contribution in [0.4, 0.5) is 0 Å². The van der Waals surface area contributed by atoms with Gasteiger partial charge in [-0.3, -0.25) is 0 Å². The van der Waals surface area contributed by atoms with E-state index in [9.17, 15) is 10.2 Å². The maximum atomic E-state index is 10.9. The molecular weight excluding hydrogens is 336 g/mol. The van der Waals surface area contributed by atoms with Gasteiger partial charge in [0.1, 0.15) is 17.6 Å². The molecule has 2 aromatic carbocycles. The zero-order valence-corrected chi connectivity index (χ0v) is 14.7. The molecule has 0 saturated carbocycles. The van der Waals surface area contributed by atoms with E-state index < -0.39 is 11.7 Å². The largest absolute Gasteiger partial charge is 0.468 e. The quantitative estimate of drug-likeness (QED) is 0.529. The molecule has 0 fully saturated rings. The molecule has 2 atom stereocenters. The lowest BCUT2D eigenvalue weighted by Gasteiger charge is -2.29. The molecule has 0 bridgehead atoms. The van der Waals surface area contributed by atoms with Gasteiger partial charge in [-0.1, -0.05) is 30.2 Å². The molecule has 0 aromatic heterocycles. The van der Waals surface area contributed by atoms with Gasteiger partial charge in [0.15, 0.2) is 19.2 Å². The lowest BCUT2D eigenvalue weighted by molar-refractivity contribution is -0.0383. The van der Waals surface area contributed by atoms with Crippen LogP contribution in [0, 0.1) is 12.3 Å². The normalized spacial score (nSPS) is 14.1. The third-order valence-electron chi connectivity index (χ3n) is 3.79. The third-order valence-corrected chi connectivity index (χ3v) is 3.79. The Bertz CT molecular complexity index is 719. The van der Waals surface area contributed by atoms with Crippen LogP contribution in [0.1, 0.15) is 17.2 Å². The zero-order valence-electron chi connectivity index (χ0n) is 14.7. The fourth-order valence-electron chi connectivity index (χ4n) is 2.37. The minimum atomic E-state index is -1.89. The SMILES string of the molecule is C#C[C@@](O)(c1ccc(OCOC)cc1)[C@H](O)c1ccc(OCOC)cc1. The Labute approximate surface area is 152 Å². The number of methoxy groups -OCH3 is 2. The van der Waals surface area contributed by atoms with Crippen molar-refractivity contribution in [3.63, 3.8) is 0 Å². The van der Waals surface area contributed by atoms with Crippen molar-refractivity contribution in [1.82, 2.24) is 0 Å². The number of aliphatic hydroxyl groups is 2. The fraction of sp³-hybridized carbons (Fsp3) is 0.300. The predicted molar refractivity (Wildman–Crippen MR) is 95.6 cm³/mol. The first-order valence-electron chi connectivity index (χ1n) is 7.87. The van der Waals surface area contributed by atoms with E-state index in [4.69, 9.17) is 25.4 Å². The van der Waals surface area contributed by atoms with Crippen molar-refractivity contribution < 1.29 is 29.2 Å². The van der Waals surface area contributed by atoms with Crippen molar-refractivity contribution in [2.24, 2.45) is 0 Å². The molecule has 2 N–H and O–H groups in total. The molecule has 6 nitrogen and oxygen atoms in total. The second-order valence-corrected chi connectivity index (χ2v) is 5.51. The average molecular weight is 358 g/mol. The van der Waals surface area contributed by atoms with E-state index in [1.807, 2.05) is 0 Å². The van der Waals surface area contributed by atoms with Crippen LogP contribution in [0.15, 0.2) is 48.5 Å². The van der Waals surface area contributed by atoms with E-state index >= 15 is 0 Å². The van der Waals surface area contributed by atoms with Crippen molar-refractivity contribution in [3.8, 4) is 23.8 Å². The molecule has 26 heavy (non-hydrogen) atoms. The number of benzene rings is 2. The van der Waals surface area contributed by atoms with E-state index in [-0.39, 0.29) is 13.6 Å². The van der Waals surface area contributed by atoms with E-state index in [2.05, 4.69) is 5.92 Å². The predicted octanol–water partition coefficient (Wildman–Crippen LogP) is 2.21. The molecule has 0 heterocycles. The van der Waals surface area contributed by atoms with Gasteiger partial charge in [0, 0.05) is 14.2 Å². The first-order valence-corrected chi connectivity index (χ1v) is 7.87. The molecule has 0 radical (unpaired) electrons. The van der Waals surface area contributed by atoms with Crippen molar-refractivity contribution in [3.05, 3.63) is 59.7 Å². The van der Waals surface area contributed by atoms with E-state index in [1.165, 1.54) is 14.2 Å². The first-order chi connectivity index (χ1) is 12.5. The molecule has 0 aliphatic carbocycles. The third kappa shape index (κ3) is 4.54. The molecule has 0 saturated heterocycles. The molecule has 2 rings (SSSR count). The van der Waals surface area contributed by atoms with E-state index in [0.717, 1.165) is 0 Å². The summed E-state index contributed by atoms with van der Waals surface area (Å²) >= 11 is 0. The van der Waals surface area contributed by atoms with Crippen molar-refractivity contribution in [1.29, 1.82) is 0 Å². The van der Waals surface area contributed by atoms with Gasteiger partial charge >= 0.3 is 0 Å². The van der Waals surface area contributed by atoms with Gasteiger partial charge in [0.05, 0.1) is 0 Å². The summed E-state index contributed by atoms with van der Waals surface area (Å²) in [7, 11) is 3.05. The first kappa shape index (κ1) is 19.8. The highest BCUT2D eigenvalue weighted by Gasteiger charge is 2.36. The van der Waals surface area contributed by atoms with Crippen LogP contribution in [0.3, 0.4) is 0 Å². The smallest absolute Gasteiger partial charge is 0.188 e. The van der Waals surface area contributed by atoms with Crippen LogP contribution in [-0.2, 0) is 15.1 Å². The Hall–Kier alpha value is -2.56. The molecule has 138 valence electrons. The number of rotatable bonds is 9. The van der Waals surface area contributed by atoms with Crippen molar-refractivity contribution in [2.45, 2.75) is 11.7 Å². The number of hydrogen-bond acceptors (Lipinski definition) is 6. The highest BCUT2D eigenvalue weighted by atomic mass is 16.7. The lowest BCUT2D eigenvalue weighted by Crippen LogP contribution is -2.32. The highest BCUT2D eigenvalue weighted by molar-refractivity contribution is 5.40. The van der Waals surface area contributed by atoms with E-state index in [1.54, 1.807) is 48.5 Å². The summed E-state index contributed by atoms with van der Waals surface area (Å²) in [6.45, 7) is 0.229. The van der Waals surface area contributed by atoms with Gasteiger partial charge in [-0.15, -0.1) is 6.42 Å². The maximum Gasteiger partial charge on any atom is 0.188 e. The molecular formula is C20H22O6. The Kier molecular flexibility index (Phi) is 7.01. The van der Waals surface area contributed by atoms with Gasteiger partial charge in [-0.05, 0) is 35.4 Å². The van der Waals surface area contributed by atoms with Gasteiger partial charge in [0.2, 0.25) is 0 Å². The Morgan fingerprint density at radius 1 is 0.923 bits per heavy atom. The summed E-state index contributed by atoms with van der Waals surface area (Å²) in [6.07, 6.45) is 4.21. The van der Waals surface area contributed by atoms with Gasteiger partial charge in [0.25, 0.3) is 0 Å². The maximum absolute atomic E-state index is 10.9. The summed E-state index contributed by atoms with van der Waals surface area (Å²) in [4.78, 5) is 0. The number of ether oxygens (including phenoxy) is 4. The van der Waals surface area contributed by atoms with Crippen LogP contribution in [0.2, 0.25) is 0 Å². The molecule has 0 unspecified atom stereocenters. The Balaban J connectivity index is 2.20. The van der Waals surface area contributed by atoms with Crippen LogP contribution >= 0.6 is 0 Å².